The van der Waals surface area contributed by atoms with Gasteiger partial charge in [0.05, 0.1) is 0 Å². The summed E-state index contributed by atoms with van der Waals surface area (Å²) in [5, 5.41) is 0. The molecular formula is C24H30O2. The summed E-state index contributed by atoms with van der Waals surface area (Å²) in [7, 11) is 0. The molecule has 0 N–H and O–H groups in total. The van der Waals surface area contributed by atoms with E-state index in [0.29, 0.717) is 0 Å². The van der Waals surface area contributed by atoms with E-state index in [9.17, 15) is 0 Å². The van der Waals surface area contributed by atoms with Crippen LogP contribution in [-0.4, -0.2) is 0 Å². The molecule has 0 bridgehead atoms. The molecule has 0 radical (unpaired) electrons. The van der Waals surface area contributed by atoms with Crippen LogP contribution >= 0.6 is 0 Å². The predicted molar refractivity (Wildman–Crippen MR) is 105 cm³/mol. The first kappa shape index (κ1) is 17.8. The molecule has 0 heterocycles. The van der Waals surface area contributed by atoms with Gasteiger partial charge in [0.1, 0.15) is 11.2 Å². The molecule has 2 aromatic rings. The van der Waals surface area contributed by atoms with Gasteiger partial charge in [-0.05, 0) is 36.8 Å². The predicted octanol–water partition coefficient (Wildman–Crippen LogP) is 6.65. The smallest absolute Gasteiger partial charge is 0.128 e. The summed E-state index contributed by atoms with van der Waals surface area (Å²) in [4.78, 5) is 12.9. The van der Waals surface area contributed by atoms with Gasteiger partial charge >= 0.3 is 0 Å². The Morgan fingerprint density at radius 3 is 1.15 bits per heavy atom. The summed E-state index contributed by atoms with van der Waals surface area (Å²) in [6.07, 6.45) is 11.6. The second-order valence-corrected chi connectivity index (χ2v) is 8.01. The highest BCUT2D eigenvalue weighted by Gasteiger charge is 2.42. The topological polar surface area (TPSA) is 18.5 Å². The molecule has 2 heteroatoms. The molecule has 2 aliphatic rings. The maximum atomic E-state index is 6.45. The van der Waals surface area contributed by atoms with Gasteiger partial charge in [0.25, 0.3) is 0 Å². The summed E-state index contributed by atoms with van der Waals surface area (Å²) in [5.74, 6) is 0. The summed E-state index contributed by atoms with van der Waals surface area (Å²) in [6, 6.07) is 21.4. The fourth-order valence-corrected chi connectivity index (χ4v) is 4.73. The van der Waals surface area contributed by atoms with Gasteiger partial charge in [-0.15, -0.1) is 0 Å². The van der Waals surface area contributed by atoms with Crippen LogP contribution in [0.15, 0.2) is 60.7 Å². The van der Waals surface area contributed by atoms with E-state index in [0.717, 1.165) is 25.7 Å². The number of hydrogen-bond donors (Lipinski definition) is 0. The zero-order valence-electron chi connectivity index (χ0n) is 15.7. The Hall–Kier alpha value is -1.64. The summed E-state index contributed by atoms with van der Waals surface area (Å²) < 4.78 is 0. The van der Waals surface area contributed by atoms with Crippen LogP contribution in [0.5, 0.6) is 0 Å². The van der Waals surface area contributed by atoms with Crippen LogP contribution in [0.25, 0.3) is 0 Å². The lowest BCUT2D eigenvalue weighted by Crippen LogP contribution is -2.39. The lowest BCUT2D eigenvalue weighted by atomic mass is 9.79. The van der Waals surface area contributed by atoms with Crippen molar-refractivity contribution in [3.05, 3.63) is 71.8 Å². The van der Waals surface area contributed by atoms with Crippen LogP contribution in [-0.2, 0) is 21.0 Å². The standard InChI is InChI=1S/C24H30O2/c1-5-13-21(14-6-1)23(17-9-3-10-18-23)25-26-24(19-11-4-12-20-24)22-15-7-2-8-16-22/h1-2,5-8,13-16H,3-4,9-12,17-20H2. The van der Waals surface area contributed by atoms with Crippen molar-refractivity contribution < 1.29 is 9.78 Å². The Labute approximate surface area is 157 Å². The maximum Gasteiger partial charge on any atom is 0.128 e. The largest absolute Gasteiger partial charge is 0.224 e. The van der Waals surface area contributed by atoms with Gasteiger partial charge in [0.2, 0.25) is 0 Å². The van der Waals surface area contributed by atoms with E-state index in [-0.39, 0.29) is 11.2 Å². The molecule has 138 valence electrons. The maximum absolute atomic E-state index is 6.45. The van der Waals surface area contributed by atoms with Gasteiger partial charge in [-0.25, -0.2) is 9.78 Å². The van der Waals surface area contributed by atoms with Gasteiger partial charge in [0.15, 0.2) is 0 Å². The van der Waals surface area contributed by atoms with Crippen molar-refractivity contribution >= 4 is 0 Å². The average Bonchev–Trinajstić information content (AvgIpc) is 2.75. The molecule has 0 spiro atoms. The third-order valence-corrected chi connectivity index (χ3v) is 6.28. The Bertz CT molecular complexity index is 606. The Kier molecular flexibility index (Phi) is 5.42. The molecule has 2 aliphatic carbocycles. The molecule has 2 nitrogen and oxygen atoms in total. The summed E-state index contributed by atoms with van der Waals surface area (Å²) in [6.45, 7) is 0. The van der Waals surface area contributed by atoms with Crippen molar-refractivity contribution in [2.75, 3.05) is 0 Å². The van der Waals surface area contributed by atoms with Crippen LogP contribution in [0.4, 0.5) is 0 Å². The van der Waals surface area contributed by atoms with Crippen molar-refractivity contribution in [2.45, 2.75) is 75.4 Å². The van der Waals surface area contributed by atoms with Gasteiger partial charge in [-0.2, -0.15) is 0 Å². The highest BCUT2D eigenvalue weighted by Crippen LogP contribution is 2.46. The second kappa shape index (κ2) is 7.94. The van der Waals surface area contributed by atoms with Gasteiger partial charge in [-0.1, -0.05) is 99.2 Å². The minimum atomic E-state index is -0.293. The summed E-state index contributed by atoms with van der Waals surface area (Å²) >= 11 is 0. The first-order valence-electron chi connectivity index (χ1n) is 10.3. The van der Waals surface area contributed by atoms with Crippen molar-refractivity contribution in [1.82, 2.24) is 0 Å². The number of benzene rings is 2. The normalized spacial score (nSPS) is 22.0. The Morgan fingerprint density at radius 1 is 0.462 bits per heavy atom. The highest BCUT2D eigenvalue weighted by atomic mass is 17.2. The van der Waals surface area contributed by atoms with Crippen LogP contribution in [0.2, 0.25) is 0 Å². The molecule has 0 atom stereocenters. The van der Waals surface area contributed by atoms with Crippen molar-refractivity contribution in [3.63, 3.8) is 0 Å². The molecule has 0 amide bonds. The molecule has 4 rings (SSSR count). The minimum Gasteiger partial charge on any atom is -0.224 e. The highest BCUT2D eigenvalue weighted by molar-refractivity contribution is 5.24. The van der Waals surface area contributed by atoms with E-state index in [2.05, 4.69) is 60.7 Å². The number of hydrogen-bond acceptors (Lipinski definition) is 2. The van der Waals surface area contributed by atoms with Crippen LogP contribution in [0, 0.1) is 0 Å². The lowest BCUT2D eigenvalue weighted by molar-refractivity contribution is -0.433. The SMILES string of the molecule is c1ccc(C2(OOC3(c4ccccc4)CCCCC3)CCCCC2)cc1. The van der Waals surface area contributed by atoms with Crippen LogP contribution in [0.1, 0.15) is 75.3 Å². The Balaban J connectivity index is 1.61. The van der Waals surface area contributed by atoms with Gasteiger partial charge in [-0.3, -0.25) is 0 Å². The van der Waals surface area contributed by atoms with Gasteiger partial charge in [0, 0.05) is 0 Å². The zero-order chi connectivity index (χ0) is 17.7. The fourth-order valence-electron chi connectivity index (χ4n) is 4.73. The molecule has 0 saturated heterocycles. The van der Waals surface area contributed by atoms with Crippen molar-refractivity contribution in [3.8, 4) is 0 Å². The molecule has 2 aromatic carbocycles. The number of rotatable bonds is 5. The van der Waals surface area contributed by atoms with E-state index in [1.165, 1.54) is 49.7 Å². The van der Waals surface area contributed by atoms with E-state index in [1.54, 1.807) is 0 Å². The first-order chi connectivity index (χ1) is 12.8. The van der Waals surface area contributed by atoms with Crippen LogP contribution < -0.4 is 0 Å². The summed E-state index contributed by atoms with van der Waals surface area (Å²) in [5.41, 5.74) is 1.94. The second-order valence-electron chi connectivity index (χ2n) is 8.01. The molecule has 26 heavy (non-hydrogen) atoms. The molecule has 2 saturated carbocycles. The minimum absolute atomic E-state index is 0.293. The monoisotopic (exact) mass is 350 g/mol. The molecule has 0 unspecified atom stereocenters. The molecule has 0 aromatic heterocycles. The average molecular weight is 351 g/mol. The van der Waals surface area contributed by atoms with E-state index in [4.69, 9.17) is 9.78 Å². The van der Waals surface area contributed by atoms with E-state index < -0.39 is 0 Å². The molecule has 2 fully saturated rings. The zero-order valence-corrected chi connectivity index (χ0v) is 15.7. The fraction of sp³-hybridized carbons (Fsp3) is 0.500. The first-order valence-corrected chi connectivity index (χ1v) is 10.3. The van der Waals surface area contributed by atoms with Crippen molar-refractivity contribution in [1.29, 1.82) is 0 Å². The van der Waals surface area contributed by atoms with E-state index >= 15 is 0 Å². The lowest BCUT2D eigenvalue weighted by Gasteiger charge is -2.42. The van der Waals surface area contributed by atoms with E-state index in [1.807, 2.05) is 0 Å². The van der Waals surface area contributed by atoms with Crippen molar-refractivity contribution in [2.24, 2.45) is 0 Å². The molecule has 0 aliphatic heterocycles. The third kappa shape index (κ3) is 3.58. The quantitative estimate of drug-likeness (QED) is 0.444. The van der Waals surface area contributed by atoms with Gasteiger partial charge < -0.3 is 0 Å². The Morgan fingerprint density at radius 2 is 0.808 bits per heavy atom. The van der Waals surface area contributed by atoms with Crippen LogP contribution in [0.3, 0.4) is 0 Å². The third-order valence-electron chi connectivity index (χ3n) is 6.28. The molecular weight excluding hydrogens is 320 g/mol.